The van der Waals surface area contributed by atoms with Crippen LogP contribution in [0, 0.1) is 0 Å². The SMILES string of the molecule is C[C@@H](CNC(=O)Cn1cnc(S(=O)(=O)N2CCOCC2)c1)c1ccccc1. The fourth-order valence-electron chi connectivity index (χ4n) is 2.87. The lowest BCUT2D eigenvalue weighted by Crippen LogP contribution is -2.40. The third-order valence-corrected chi connectivity index (χ3v) is 6.27. The van der Waals surface area contributed by atoms with Crippen LogP contribution in [0.15, 0.2) is 47.9 Å². The molecule has 1 aliphatic heterocycles. The lowest BCUT2D eigenvalue weighted by molar-refractivity contribution is -0.121. The van der Waals surface area contributed by atoms with Gasteiger partial charge in [0.05, 0.1) is 19.5 Å². The molecule has 0 radical (unpaired) electrons. The molecule has 1 aromatic heterocycles. The molecule has 0 aliphatic carbocycles. The molecule has 3 rings (SSSR count). The number of nitrogens with zero attached hydrogens (tertiary/aromatic N) is 3. The molecule has 0 unspecified atom stereocenters. The van der Waals surface area contributed by atoms with Gasteiger partial charge in [-0.15, -0.1) is 0 Å². The van der Waals surface area contributed by atoms with Crippen molar-refractivity contribution in [3.63, 3.8) is 0 Å². The van der Waals surface area contributed by atoms with Crippen LogP contribution in [-0.2, 0) is 26.1 Å². The van der Waals surface area contributed by atoms with E-state index >= 15 is 0 Å². The van der Waals surface area contributed by atoms with Gasteiger partial charge >= 0.3 is 0 Å². The molecule has 27 heavy (non-hydrogen) atoms. The number of rotatable bonds is 7. The summed E-state index contributed by atoms with van der Waals surface area (Å²) in [7, 11) is -3.65. The van der Waals surface area contributed by atoms with E-state index in [9.17, 15) is 13.2 Å². The van der Waals surface area contributed by atoms with Crippen molar-refractivity contribution in [3.05, 3.63) is 48.4 Å². The third kappa shape index (κ3) is 4.94. The second-order valence-electron chi connectivity index (χ2n) is 6.52. The Morgan fingerprint density at radius 2 is 1.96 bits per heavy atom. The molecule has 1 aliphatic rings. The van der Waals surface area contributed by atoms with E-state index in [0.29, 0.717) is 32.8 Å². The Labute approximate surface area is 159 Å². The minimum atomic E-state index is -3.65. The first-order valence-electron chi connectivity index (χ1n) is 8.88. The van der Waals surface area contributed by atoms with E-state index in [-0.39, 0.29) is 23.4 Å². The number of ether oxygens (including phenoxy) is 1. The molecule has 146 valence electrons. The molecule has 2 heterocycles. The predicted molar refractivity (Wildman–Crippen MR) is 99.7 cm³/mol. The van der Waals surface area contributed by atoms with Crippen molar-refractivity contribution in [2.24, 2.45) is 0 Å². The fraction of sp³-hybridized carbons (Fsp3) is 0.444. The number of hydrogen-bond donors (Lipinski definition) is 1. The van der Waals surface area contributed by atoms with E-state index in [1.54, 1.807) is 0 Å². The molecule has 0 bridgehead atoms. The Morgan fingerprint density at radius 1 is 1.26 bits per heavy atom. The number of carbonyl (C=O) groups excluding carboxylic acids is 1. The minimum Gasteiger partial charge on any atom is -0.379 e. The van der Waals surface area contributed by atoms with Gasteiger partial charge in [-0.25, -0.2) is 13.4 Å². The topological polar surface area (TPSA) is 93.5 Å². The Bertz CT molecular complexity index is 860. The summed E-state index contributed by atoms with van der Waals surface area (Å²) in [4.78, 5) is 16.1. The number of nitrogens with one attached hydrogen (secondary N) is 1. The second-order valence-corrected chi connectivity index (χ2v) is 8.40. The number of imidazole rings is 1. The van der Waals surface area contributed by atoms with Crippen LogP contribution >= 0.6 is 0 Å². The van der Waals surface area contributed by atoms with Gasteiger partial charge in [0.25, 0.3) is 10.0 Å². The number of amides is 1. The first-order valence-corrected chi connectivity index (χ1v) is 10.3. The van der Waals surface area contributed by atoms with E-state index < -0.39 is 10.0 Å². The van der Waals surface area contributed by atoms with Crippen LogP contribution in [0.1, 0.15) is 18.4 Å². The van der Waals surface area contributed by atoms with Gasteiger partial charge < -0.3 is 14.6 Å². The fourth-order valence-corrected chi connectivity index (χ4v) is 4.21. The van der Waals surface area contributed by atoms with Gasteiger partial charge in [-0.05, 0) is 11.5 Å². The first kappa shape index (κ1) is 19.5. The minimum absolute atomic E-state index is 0.0210. The van der Waals surface area contributed by atoms with E-state index in [1.807, 2.05) is 37.3 Å². The average molecular weight is 392 g/mol. The molecule has 2 aromatic rings. The number of carbonyl (C=O) groups is 1. The summed E-state index contributed by atoms with van der Waals surface area (Å²) < 4.78 is 33.1. The second kappa shape index (κ2) is 8.64. The lowest BCUT2D eigenvalue weighted by Gasteiger charge is -2.24. The van der Waals surface area contributed by atoms with Crippen molar-refractivity contribution in [1.29, 1.82) is 0 Å². The van der Waals surface area contributed by atoms with Crippen molar-refractivity contribution < 1.29 is 17.9 Å². The summed E-state index contributed by atoms with van der Waals surface area (Å²) >= 11 is 0. The molecule has 8 nitrogen and oxygen atoms in total. The first-order chi connectivity index (χ1) is 13.0. The van der Waals surface area contributed by atoms with Gasteiger partial charge in [0.15, 0.2) is 5.03 Å². The van der Waals surface area contributed by atoms with Gasteiger partial charge in [-0.3, -0.25) is 4.79 Å². The van der Waals surface area contributed by atoms with Crippen LogP contribution in [0.4, 0.5) is 0 Å². The number of sulfonamides is 1. The molecule has 0 spiro atoms. The molecule has 1 amide bonds. The van der Waals surface area contributed by atoms with Crippen LogP contribution in [0.25, 0.3) is 0 Å². The molecule has 9 heteroatoms. The van der Waals surface area contributed by atoms with Gasteiger partial charge in [0.1, 0.15) is 6.54 Å². The molecule has 1 aromatic carbocycles. The Hall–Kier alpha value is -2.23. The summed E-state index contributed by atoms with van der Waals surface area (Å²) in [6.07, 6.45) is 2.76. The smallest absolute Gasteiger partial charge is 0.262 e. The van der Waals surface area contributed by atoms with Crippen LogP contribution in [0.3, 0.4) is 0 Å². The lowest BCUT2D eigenvalue weighted by atomic mass is 10.0. The van der Waals surface area contributed by atoms with Gasteiger partial charge in [-0.1, -0.05) is 37.3 Å². The van der Waals surface area contributed by atoms with Crippen molar-refractivity contribution in [2.45, 2.75) is 24.4 Å². The molecule has 1 N–H and O–H groups in total. The normalized spacial score (nSPS) is 16.8. The predicted octanol–water partition coefficient (Wildman–Crippen LogP) is 0.824. The molecule has 1 saturated heterocycles. The monoisotopic (exact) mass is 392 g/mol. The third-order valence-electron chi connectivity index (χ3n) is 4.48. The average Bonchev–Trinajstić information content (AvgIpc) is 3.17. The Kier molecular flexibility index (Phi) is 6.25. The van der Waals surface area contributed by atoms with Crippen LogP contribution < -0.4 is 5.32 Å². The summed E-state index contributed by atoms with van der Waals surface area (Å²) in [5.41, 5.74) is 1.15. The molecular weight excluding hydrogens is 368 g/mol. The number of benzene rings is 1. The molecular formula is C18H24N4O4S. The van der Waals surface area contributed by atoms with Crippen molar-refractivity contribution in [1.82, 2.24) is 19.2 Å². The molecule has 0 saturated carbocycles. The van der Waals surface area contributed by atoms with Crippen molar-refractivity contribution >= 4 is 15.9 Å². The number of morpholine rings is 1. The highest BCUT2D eigenvalue weighted by Gasteiger charge is 2.28. The van der Waals surface area contributed by atoms with E-state index in [1.165, 1.54) is 21.4 Å². The van der Waals surface area contributed by atoms with Gasteiger partial charge in [0.2, 0.25) is 5.91 Å². The van der Waals surface area contributed by atoms with E-state index in [0.717, 1.165) is 5.56 Å². The summed E-state index contributed by atoms with van der Waals surface area (Å²) in [6, 6.07) is 9.94. The highest BCUT2D eigenvalue weighted by atomic mass is 32.2. The van der Waals surface area contributed by atoms with Crippen LogP contribution in [0.2, 0.25) is 0 Å². The molecule has 1 atom stereocenters. The summed E-state index contributed by atoms with van der Waals surface area (Å²) in [5.74, 6) is 0.000646. The van der Waals surface area contributed by atoms with Crippen molar-refractivity contribution in [3.8, 4) is 0 Å². The van der Waals surface area contributed by atoms with Gasteiger partial charge in [0, 0.05) is 25.8 Å². The van der Waals surface area contributed by atoms with Crippen LogP contribution in [-0.4, -0.2) is 61.0 Å². The van der Waals surface area contributed by atoms with Gasteiger partial charge in [-0.2, -0.15) is 4.31 Å². The largest absolute Gasteiger partial charge is 0.379 e. The summed E-state index contributed by atoms with van der Waals surface area (Å²) in [6.45, 7) is 3.95. The zero-order valence-electron chi connectivity index (χ0n) is 15.2. The standard InChI is InChI=1S/C18H24N4O4S/c1-15(16-5-3-2-4-6-16)11-19-17(23)12-21-13-18(20-14-21)27(24,25)22-7-9-26-10-8-22/h2-6,13-15H,7-12H2,1H3,(H,19,23)/t15-/m0/s1. The highest BCUT2D eigenvalue weighted by molar-refractivity contribution is 7.89. The Morgan fingerprint density at radius 3 is 2.67 bits per heavy atom. The quantitative estimate of drug-likeness (QED) is 0.753. The number of aromatic nitrogens is 2. The maximum Gasteiger partial charge on any atom is 0.262 e. The van der Waals surface area contributed by atoms with E-state index in [4.69, 9.17) is 4.74 Å². The Balaban J connectivity index is 1.55. The maximum atomic E-state index is 12.6. The van der Waals surface area contributed by atoms with Crippen LogP contribution in [0.5, 0.6) is 0 Å². The highest BCUT2D eigenvalue weighted by Crippen LogP contribution is 2.15. The van der Waals surface area contributed by atoms with Crippen molar-refractivity contribution in [2.75, 3.05) is 32.8 Å². The zero-order chi connectivity index (χ0) is 19.3. The zero-order valence-corrected chi connectivity index (χ0v) is 16.1. The van der Waals surface area contributed by atoms with E-state index in [2.05, 4.69) is 10.3 Å². The maximum absolute atomic E-state index is 12.6. The number of hydrogen-bond acceptors (Lipinski definition) is 5. The summed E-state index contributed by atoms with van der Waals surface area (Å²) in [5, 5.41) is 2.83. The molecule has 1 fully saturated rings.